The second-order valence-corrected chi connectivity index (χ2v) is 2.03. The maximum Gasteiger partial charge on any atom is 0.332 e. The van der Waals surface area contributed by atoms with Crippen molar-refractivity contribution in [1.82, 2.24) is 0 Å². The van der Waals surface area contributed by atoms with Crippen LogP contribution in [0.1, 0.15) is 13.8 Å². The van der Waals surface area contributed by atoms with Crippen molar-refractivity contribution in [3.63, 3.8) is 0 Å². The van der Waals surface area contributed by atoms with Crippen molar-refractivity contribution in [1.29, 1.82) is 0 Å². The number of carboxylic acid groups (broad SMARTS) is 2. The molecule has 0 spiro atoms. The molecule has 0 fully saturated rings. The molecule has 0 aliphatic carbocycles. The summed E-state index contributed by atoms with van der Waals surface area (Å²) in [6.07, 6.45) is -2.46. The van der Waals surface area contributed by atoms with E-state index in [4.69, 9.17) is 20.4 Å². The van der Waals surface area contributed by atoms with Crippen LogP contribution >= 0.6 is 0 Å². The van der Waals surface area contributed by atoms with E-state index in [2.05, 4.69) is 0 Å². The van der Waals surface area contributed by atoms with Gasteiger partial charge in [0.15, 0.2) is 0 Å². The van der Waals surface area contributed by atoms with Crippen LogP contribution in [0.15, 0.2) is 0 Å². The summed E-state index contributed by atoms with van der Waals surface area (Å²) in [5.74, 6) is -2.37. The van der Waals surface area contributed by atoms with E-state index < -0.39 is 24.1 Å². The van der Waals surface area contributed by atoms with E-state index in [-0.39, 0.29) is 17.6 Å². The van der Waals surface area contributed by atoms with Crippen molar-refractivity contribution in [2.75, 3.05) is 0 Å². The minimum Gasteiger partial charge on any atom is -0.479 e. The summed E-state index contributed by atoms with van der Waals surface area (Å²) in [7, 11) is 0. The minimum atomic E-state index is -1.23. The number of aliphatic hydroxyl groups excluding tert-OH is 2. The molecule has 0 aliphatic rings. The van der Waals surface area contributed by atoms with E-state index in [0.717, 1.165) is 0 Å². The van der Waals surface area contributed by atoms with Gasteiger partial charge in [0.05, 0.1) is 0 Å². The molecule has 4 radical (unpaired) electrons. The number of carboxylic acids is 2. The average molecular weight is 253 g/mol. The molecule has 2 atom stereocenters. The molecule has 2 unspecified atom stereocenters. The zero-order valence-electron chi connectivity index (χ0n) is 7.26. The van der Waals surface area contributed by atoms with Gasteiger partial charge in [-0.2, -0.15) is 0 Å². The van der Waals surface area contributed by atoms with Crippen molar-refractivity contribution in [2.45, 2.75) is 26.1 Å². The largest absolute Gasteiger partial charge is 0.479 e. The molecule has 0 heterocycles. The third kappa shape index (κ3) is 18.4. The topological polar surface area (TPSA) is 115 Å². The van der Waals surface area contributed by atoms with Gasteiger partial charge in [0.1, 0.15) is 12.2 Å². The van der Waals surface area contributed by atoms with Gasteiger partial charge in [-0.1, -0.05) is 0 Å². The molecule has 7 heteroatoms. The number of carbonyl (C=O) groups is 2. The molecular formula is C6H12GeO6. The number of hydrogen-bond donors (Lipinski definition) is 4. The predicted octanol–water partition coefficient (Wildman–Crippen LogP) is -1.48. The van der Waals surface area contributed by atoms with Gasteiger partial charge in [0.25, 0.3) is 0 Å². The molecule has 0 saturated heterocycles. The molecule has 4 N–H and O–H groups in total. The molecular weight excluding hydrogens is 241 g/mol. The molecule has 0 aromatic rings. The Morgan fingerprint density at radius 3 is 1.00 bits per heavy atom. The SMILES string of the molecule is CC(O)C(=O)O.CC(O)C(=O)O.[Ge]. The first kappa shape index (κ1) is 18.2. The first-order chi connectivity index (χ1) is 5.29. The minimum absolute atomic E-state index is 0. The van der Waals surface area contributed by atoms with Gasteiger partial charge in [-0.05, 0) is 13.8 Å². The fourth-order valence-electron chi connectivity index (χ4n) is 0. The van der Waals surface area contributed by atoms with E-state index in [1.54, 1.807) is 0 Å². The first-order valence-electron chi connectivity index (χ1n) is 3.10. The van der Waals surface area contributed by atoms with Crippen molar-refractivity contribution < 1.29 is 30.0 Å². The van der Waals surface area contributed by atoms with Crippen LogP contribution < -0.4 is 0 Å². The first-order valence-corrected chi connectivity index (χ1v) is 3.10. The predicted molar refractivity (Wildman–Crippen MR) is 44.4 cm³/mol. The quantitative estimate of drug-likeness (QED) is 0.446. The Labute approximate surface area is 86.2 Å². The van der Waals surface area contributed by atoms with E-state index in [1.165, 1.54) is 13.8 Å². The molecule has 0 amide bonds. The van der Waals surface area contributed by atoms with Gasteiger partial charge in [-0.3, -0.25) is 0 Å². The molecule has 0 aromatic heterocycles. The van der Waals surface area contributed by atoms with Crippen LogP contribution in [0.25, 0.3) is 0 Å². The van der Waals surface area contributed by atoms with Gasteiger partial charge in [-0.25, -0.2) is 9.59 Å². The third-order valence-electron chi connectivity index (χ3n) is 0.715. The van der Waals surface area contributed by atoms with Gasteiger partial charge < -0.3 is 20.4 Å². The average Bonchev–Trinajstić information content (AvgIpc) is 1.88. The van der Waals surface area contributed by atoms with E-state index in [1.807, 2.05) is 0 Å². The van der Waals surface area contributed by atoms with Crippen molar-refractivity contribution in [3.8, 4) is 0 Å². The van der Waals surface area contributed by atoms with Gasteiger partial charge in [0.2, 0.25) is 0 Å². The van der Waals surface area contributed by atoms with Crippen molar-refractivity contribution in [2.24, 2.45) is 0 Å². The molecule has 6 nitrogen and oxygen atoms in total. The summed E-state index contributed by atoms with van der Waals surface area (Å²) in [4.78, 5) is 18.9. The zero-order chi connectivity index (χ0) is 10.3. The second-order valence-electron chi connectivity index (χ2n) is 2.03. The van der Waals surface area contributed by atoms with Crippen LogP contribution in [0.5, 0.6) is 0 Å². The monoisotopic (exact) mass is 254 g/mol. The second kappa shape index (κ2) is 9.49. The van der Waals surface area contributed by atoms with Gasteiger partial charge in [0, 0.05) is 17.6 Å². The maximum atomic E-state index is 9.45. The van der Waals surface area contributed by atoms with Crippen LogP contribution in [0.3, 0.4) is 0 Å². The summed E-state index contributed by atoms with van der Waals surface area (Å²) < 4.78 is 0. The third-order valence-corrected chi connectivity index (χ3v) is 0.715. The Morgan fingerprint density at radius 1 is 0.923 bits per heavy atom. The Morgan fingerprint density at radius 2 is 1.00 bits per heavy atom. The Balaban J connectivity index is -0.000000143. The van der Waals surface area contributed by atoms with Crippen LogP contribution in [0.4, 0.5) is 0 Å². The zero-order valence-corrected chi connectivity index (χ0v) is 9.36. The molecule has 0 bridgehead atoms. The number of aliphatic carboxylic acids is 2. The Hall–Kier alpha value is -0.597. The number of aliphatic hydroxyl groups is 2. The Bertz CT molecular complexity index is 137. The molecule has 0 aliphatic heterocycles. The number of hydrogen-bond acceptors (Lipinski definition) is 4. The standard InChI is InChI=1S/2C3H6O3.Ge/c2*1-2(4)3(5)6;/h2*2,4H,1H3,(H,5,6);. The fourth-order valence-corrected chi connectivity index (χ4v) is 0. The summed E-state index contributed by atoms with van der Waals surface area (Å²) in [5, 5.41) is 31.5. The van der Waals surface area contributed by atoms with Crippen LogP contribution in [0, 0.1) is 0 Å². The van der Waals surface area contributed by atoms with Gasteiger partial charge >= 0.3 is 11.9 Å². The summed E-state index contributed by atoms with van der Waals surface area (Å²) in [5.41, 5.74) is 0. The van der Waals surface area contributed by atoms with Crippen molar-refractivity contribution in [3.05, 3.63) is 0 Å². The molecule has 0 saturated carbocycles. The maximum absolute atomic E-state index is 9.45. The van der Waals surface area contributed by atoms with E-state index in [9.17, 15) is 9.59 Å². The van der Waals surface area contributed by atoms with E-state index in [0.29, 0.717) is 0 Å². The fraction of sp³-hybridized carbons (Fsp3) is 0.667. The molecule has 13 heavy (non-hydrogen) atoms. The summed E-state index contributed by atoms with van der Waals surface area (Å²) in [6, 6.07) is 0. The van der Waals surface area contributed by atoms with Crippen LogP contribution in [-0.4, -0.2) is 62.2 Å². The Kier molecular flexibility index (Phi) is 13.3. The van der Waals surface area contributed by atoms with Crippen LogP contribution in [-0.2, 0) is 9.59 Å². The van der Waals surface area contributed by atoms with Crippen molar-refractivity contribution >= 4 is 29.5 Å². The summed E-state index contributed by atoms with van der Waals surface area (Å²) >= 11 is 0. The smallest absolute Gasteiger partial charge is 0.332 e. The molecule has 76 valence electrons. The van der Waals surface area contributed by atoms with Crippen LogP contribution in [0.2, 0.25) is 0 Å². The van der Waals surface area contributed by atoms with Gasteiger partial charge in [-0.15, -0.1) is 0 Å². The normalized spacial score (nSPS) is 12.6. The number of rotatable bonds is 2. The summed E-state index contributed by atoms with van der Waals surface area (Å²) in [6.45, 7) is 2.39. The molecule has 0 rings (SSSR count). The van der Waals surface area contributed by atoms with E-state index >= 15 is 0 Å². The molecule has 0 aromatic carbocycles.